The Balaban J connectivity index is 2.24. The Morgan fingerprint density at radius 3 is 3.06 bits per heavy atom. The zero-order valence-electron chi connectivity index (χ0n) is 10.6. The van der Waals surface area contributed by atoms with E-state index in [1.165, 1.54) is 0 Å². The van der Waals surface area contributed by atoms with E-state index in [1.54, 1.807) is 4.90 Å². The van der Waals surface area contributed by atoms with Crippen LogP contribution in [0.1, 0.15) is 5.56 Å². The number of ether oxygens (including phenoxy) is 1. The van der Waals surface area contributed by atoms with Gasteiger partial charge in [0.2, 0.25) is 0 Å². The molecule has 1 atom stereocenters. The lowest BCUT2D eigenvalue weighted by atomic mass is 10.1. The molecule has 18 heavy (non-hydrogen) atoms. The third kappa shape index (κ3) is 2.60. The molecule has 1 N–H and O–H groups in total. The van der Waals surface area contributed by atoms with Gasteiger partial charge < -0.3 is 10.1 Å². The van der Waals surface area contributed by atoms with E-state index in [1.807, 2.05) is 32.2 Å². The summed E-state index contributed by atoms with van der Waals surface area (Å²) in [5, 5.41) is 3.77. The Kier molecular flexibility index (Phi) is 4.09. The van der Waals surface area contributed by atoms with Crippen molar-refractivity contribution in [3.8, 4) is 0 Å². The van der Waals surface area contributed by atoms with Crippen LogP contribution in [-0.2, 0) is 4.74 Å². The van der Waals surface area contributed by atoms with Crippen LogP contribution in [0.25, 0.3) is 0 Å². The van der Waals surface area contributed by atoms with Crippen LogP contribution in [0.2, 0.25) is 5.02 Å². The highest BCUT2D eigenvalue weighted by Gasteiger charge is 2.29. The van der Waals surface area contributed by atoms with Crippen molar-refractivity contribution >= 4 is 23.4 Å². The van der Waals surface area contributed by atoms with Crippen molar-refractivity contribution < 1.29 is 9.53 Å². The van der Waals surface area contributed by atoms with Crippen molar-refractivity contribution in [2.24, 2.45) is 5.92 Å². The summed E-state index contributed by atoms with van der Waals surface area (Å²) in [5.74, 6) is 0.297. The van der Waals surface area contributed by atoms with E-state index in [0.29, 0.717) is 24.1 Å². The molecule has 4 nitrogen and oxygen atoms in total. The van der Waals surface area contributed by atoms with Gasteiger partial charge in [0.15, 0.2) is 0 Å². The molecule has 0 aromatic heterocycles. The van der Waals surface area contributed by atoms with Crippen LogP contribution < -0.4 is 10.2 Å². The first-order valence-corrected chi connectivity index (χ1v) is 6.35. The van der Waals surface area contributed by atoms with Crippen LogP contribution in [0.4, 0.5) is 10.5 Å². The van der Waals surface area contributed by atoms with Crippen molar-refractivity contribution in [2.75, 3.05) is 31.6 Å². The first-order valence-electron chi connectivity index (χ1n) is 5.97. The zero-order chi connectivity index (χ0) is 13.1. The largest absolute Gasteiger partial charge is 0.449 e. The molecular weight excluding hydrogens is 252 g/mol. The summed E-state index contributed by atoms with van der Waals surface area (Å²) >= 11 is 6.09. The van der Waals surface area contributed by atoms with Crippen molar-refractivity contribution in [1.29, 1.82) is 0 Å². The number of hydrogen-bond donors (Lipinski definition) is 1. The number of nitrogens with zero attached hydrogens (tertiary/aromatic N) is 1. The van der Waals surface area contributed by atoms with Crippen molar-refractivity contribution in [3.63, 3.8) is 0 Å². The minimum atomic E-state index is -0.298. The first kappa shape index (κ1) is 13.2. The lowest BCUT2D eigenvalue weighted by Crippen LogP contribution is -2.46. The normalized spacial score (nSPS) is 19.8. The highest BCUT2D eigenvalue weighted by Crippen LogP contribution is 2.29. The highest BCUT2D eigenvalue weighted by atomic mass is 35.5. The minimum Gasteiger partial charge on any atom is -0.449 e. The van der Waals surface area contributed by atoms with Gasteiger partial charge in [0.1, 0.15) is 0 Å². The monoisotopic (exact) mass is 268 g/mol. The number of carbonyl (C=O) groups excluding carboxylic acids is 1. The van der Waals surface area contributed by atoms with E-state index >= 15 is 0 Å². The smallest absolute Gasteiger partial charge is 0.414 e. The number of rotatable bonds is 3. The predicted molar refractivity (Wildman–Crippen MR) is 72.3 cm³/mol. The standard InChI is InChI=1S/C13H17ClN2O2/c1-9-11(14)4-3-5-12(9)16-7-10(6-15-2)8-18-13(16)17/h3-5,10,15H,6-8H2,1-2H3. The van der Waals surface area contributed by atoms with Crippen LogP contribution in [-0.4, -0.2) is 32.8 Å². The lowest BCUT2D eigenvalue weighted by molar-refractivity contribution is 0.115. The Hall–Kier alpha value is -1.26. The summed E-state index contributed by atoms with van der Waals surface area (Å²) in [7, 11) is 1.89. The summed E-state index contributed by atoms with van der Waals surface area (Å²) in [6, 6.07) is 5.56. The SMILES string of the molecule is CNCC1COC(=O)N(c2cccc(Cl)c2C)C1. The summed E-state index contributed by atoms with van der Waals surface area (Å²) < 4.78 is 5.21. The third-order valence-corrected chi connectivity index (χ3v) is 3.54. The van der Waals surface area contributed by atoms with Gasteiger partial charge in [-0.05, 0) is 31.7 Å². The number of nitrogens with one attached hydrogen (secondary N) is 1. The molecule has 1 amide bonds. The van der Waals surface area contributed by atoms with Gasteiger partial charge in [-0.1, -0.05) is 17.7 Å². The lowest BCUT2D eigenvalue weighted by Gasteiger charge is -2.33. The molecule has 1 aliphatic heterocycles. The maximum atomic E-state index is 11.8. The molecule has 0 saturated carbocycles. The molecule has 0 spiro atoms. The molecule has 5 heteroatoms. The molecule has 1 aliphatic rings. The van der Waals surface area contributed by atoms with Gasteiger partial charge in [-0.3, -0.25) is 4.90 Å². The number of cyclic esters (lactones) is 1. The molecule has 98 valence electrons. The average molecular weight is 269 g/mol. The predicted octanol–water partition coefficient (Wildman–Crippen LogP) is 2.44. The van der Waals surface area contributed by atoms with Gasteiger partial charge in [-0.15, -0.1) is 0 Å². The number of benzene rings is 1. The minimum absolute atomic E-state index is 0.297. The summed E-state index contributed by atoms with van der Waals surface area (Å²) in [4.78, 5) is 13.5. The van der Waals surface area contributed by atoms with Crippen molar-refractivity contribution in [2.45, 2.75) is 6.92 Å². The molecule has 1 aromatic rings. The van der Waals surface area contributed by atoms with Gasteiger partial charge in [-0.25, -0.2) is 4.79 Å². The Morgan fingerprint density at radius 2 is 2.33 bits per heavy atom. The summed E-state index contributed by atoms with van der Waals surface area (Å²) in [6.07, 6.45) is -0.298. The van der Waals surface area contributed by atoms with Crippen molar-refractivity contribution in [3.05, 3.63) is 28.8 Å². The fourth-order valence-electron chi connectivity index (χ4n) is 2.15. The van der Waals surface area contributed by atoms with Crippen LogP contribution >= 0.6 is 11.6 Å². The number of amides is 1. The van der Waals surface area contributed by atoms with E-state index in [4.69, 9.17) is 16.3 Å². The average Bonchev–Trinajstić information content (AvgIpc) is 2.36. The molecule has 0 radical (unpaired) electrons. The first-order chi connectivity index (χ1) is 8.63. The Bertz CT molecular complexity index is 451. The van der Waals surface area contributed by atoms with Gasteiger partial charge in [0.25, 0.3) is 0 Å². The highest BCUT2D eigenvalue weighted by molar-refractivity contribution is 6.31. The third-order valence-electron chi connectivity index (χ3n) is 3.13. The molecule has 1 saturated heterocycles. The number of halogens is 1. The maximum absolute atomic E-state index is 11.8. The number of hydrogen-bond acceptors (Lipinski definition) is 3. The summed E-state index contributed by atoms with van der Waals surface area (Å²) in [6.45, 7) is 3.85. The zero-order valence-corrected chi connectivity index (χ0v) is 11.3. The van der Waals surface area contributed by atoms with Crippen LogP contribution in [0.3, 0.4) is 0 Å². The van der Waals surface area contributed by atoms with Gasteiger partial charge >= 0.3 is 6.09 Å². The molecule has 1 heterocycles. The van der Waals surface area contributed by atoms with Gasteiger partial charge in [-0.2, -0.15) is 0 Å². The van der Waals surface area contributed by atoms with Gasteiger partial charge in [0.05, 0.1) is 12.3 Å². The second-order valence-corrected chi connectivity index (χ2v) is 4.90. The quantitative estimate of drug-likeness (QED) is 0.916. The van der Waals surface area contributed by atoms with E-state index in [2.05, 4.69) is 5.32 Å². The van der Waals surface area contributed by atoms with E-state index in [-0.39, 0.29) is 6.09 Å². The molecule has 2 rings (SSSR count). The van der Waals surface area contributed by atoms with Crippen LogP contribution in [0.5, 0.6) is 0 Å². The van der Waals surface area contributed by atoms with Crippen LogP contribution in [0.15, 0.2) is 18.2 Å². The van der Waals surface area contributed by atoms with E-state index in [0.717, 1.165) is 17.8 Å². The maximum Gasteiger partial charge on any atom is 0.414 e. The summed E-state index contributed by atoms with van der Waals surface area (Å²) in [5.41, 5.74) is 1.73. The topological polar surface area (TPSA) is 41.6 Å². The number of anilines is 1. The fourth-order valence-corrected chi connectivity index (χ4v) is 2.32. The molecule has 1 fully saturated rings. The van der Waals surface area contributed by atoms with Gasteiger partial charge in [0, 0.05) is 24.0 Å². The second-order valence-electron chi connectivity index (χ2n) is 4.50. The Morgan fingerprint density at radius 1 is 1.56 bits per heavy atom. The molecule has 1 unspecified atom stereocenters. The van der Waals surface area contributed by atoms with Crippen molar-refractivity contribution in [1.82, 2.24) is 5.32 Å². The molecule has 0 aliphatic carbocycles. The molecular formula is C13H17ClN2O2. The Labute approximate surface area is 112 Å². The van der Waals surface area contributed by atoms with Crippen LogP contribution in [0, 0.1) is 12.8 Å². The molecule has 1 aromatic carbocycles. The van der Waals surface area contributed by atoms with E-state index < -0.39 is 0 Å². The van der Waals surface area contributed by atoms with E-state index in [9.17, 15) is 4.79 Å². The fraction of sp³-hybridized carbons (Fsp3) is 0.462. The molecule has 0 bridgehead atoms. The number of carbonyl (C=O) groups is 1. The second kappa shape index (κ2) is 5.59.